The van der Waals surface area contributed by atoms with Crippen LogP contribution in [0.3, 0.4) is 0 Å². The van der Waals surface area contributed by atoms with Crippen LogP contribution < -0.4 is 10.6 Å². The Balaban J connectivity index is 1.61. The molecule has 4 unspecified atom stereocenters. The Bertz CT molecular complexity index is 602. The van der Waals surface area contributed by atoms with Crippen molar-refractivity contribution in [3.63, 3.8) is 0 Å². The van der Waals surface area contributed by atoms with Crippen LogP contribution in [0.4, 0.5) is 0 Å². The standard InChI is InChI=1S/C22H35N3O2/c1-3-23-22(24-14-18-6-4-8-20(18)26)25-15-19-7-5-13-27-21(19)17-11-9-16(2)10-12-17/h9-12,18-21,26H,3-8,13-15H2,1-2H3,(H2,23,24,25). The normalized spacial score (nSPS) is 28.9. The minimum atomic E-state index is -0.168. The zero-order valence-corrected chi connectivity index (χ0v) is 16.8. The van der Waals surface area contributed by atoms with Gasteiger partial charge in [0.2, 0.25) is 0 Å². The number of aliphatic hydroxyl groups excluding tert-OH is 1. The number of benzene rings is 1. The van der Waals surface area contributed by atoms with E-state index >= 15 is 0 Å². The maximum atomic E-state index is 10.0. The topological polar surface area (TPSA) is 65.9 Å². The van der Waals surface area contributed by atoms with Gasteiger partial charge in [-0.05, 0) is 45.1 Å². The molecule has 0 spiro atoms. The number of hydrogen-bond donors (Lipinski definition) is 3. The zero-order chi connectivity index (χ0) is 19.1. The Labute approximate surface area is 163 Å². The molecule has 5 heteroatoms. The lowest BCUT2D eigenvalue weighted by Crippen LogP contribution is -2.41. The van der Waals surface area contributed by atoms with Gasteiger partial charge in [-0.2, -0.15) is 0 Å². The largest absolute Gasteiger partial charge is 0.393 e. The van der Waals surface area contributed by atoms with Crippen molar-refractivity contribution in [3.8, 4) is 0 Å². The highest BCUT2D eigenvalue weighted by Crippen LogP contribution is 2.34. The molecule has 0 radical (unpaired) electrons. The molecule has 2 fully saturated rings. The summed E-state index contributed by atoms with van der Waals surface area (Å²) in [6.45, 7) is 7.40. The van der Waals surface area contributed by atoms with Crippen LogP contribution in [-0.4, -0.2) is 43.4 Å². The summed E-state index contributed by atoms with van der Waals surface area (Å²) >= 11 is 0. The van der Waals surface area contributed by atoms with Crippen molar-refractivity contribution in [3.05, 3.63) is 35.4 Å². The molecule has 27 heavy (non-hydrogen) atoms. The number of aliphatic hydroxyl groups is 1. The molecule has 0 amide bonds. The predicted molar refractivity (Wildman–Crippen MR) is 110 cm³/mol. The second-order valence-electron chi connectivity index (χ2n) is 7.96. The Kier molecular flexibility index (Phi) is 7.53. The van der Waals surface area contributed by atoms with E-state index in [4.69, 9.17) is 9.73 Å². The van der Waals surface area contributed by atoms with E-state index in [0.717, 1.165) is 64.3 Å². The van der Waals surface area contributed by atoms with Gasteiger partial charge in [-0.1, -0.05) is 36.2 Å². The number of rotatable bonds is 6. The summed E-state index contributed by atoms with van der Waals surface area (Å²) in [6.07, 6.45) is 5.35. The molecular weight excluding hydrogens is 338 g/mol. The molecule has 3 N–H and O–H groups in total. The van der Waals surface area contributed by atoms with E-state index in [0.29, 0.717) is 11.8 Å². The molecule has 0 aromatic heterocycles. The molecule has 2 aliphatic rings. The van der Waals surface area contributed by atoms with Crippen LogP contribution in [-0.2, 0) is 4.74 Å². The fraction of sp³-hybridized carbons (Fsp3) is 0.682. The van der Waals surface area contributed by atoms with Crippen LogP contribution in [0.5, 0.6) is 0 Å². The van der Waals surface area contributed by atoms with E-state index in [9.17, 15) is 5.11 Å². The van der Waals surface area contributed by atoms with Crippen LogP contribution in [0.25, 0.3) is 0 Å². The van der Waals surface area contributed by atoms with E-state index in [2.05, 4.69) is 48.7 Å². The second-order valence-corrected chi connectivity index (χ2v) is 7.96. The minimum Gasteiger partial charge on any atom is -0.393 e. The third-order valence-electron chi connectivity index (χ3n) is 5.83. The first-order chi connectivity index (χ1) is 13.2. The first-order valence-corrected chi connectivity index (χ1v) is 10.6. The summed E-state index contributed by atoms with van der Waals surface area (Å²) in [5.74, 6) is 1.59. The SMILES string of the molecule is CCNC(=NCC1CCCOC1c1ccc(C)cc1)NCC1CCCC1O. The Hall–Kier alpha value is -1.59. The van der Waals surface area contributed by atoms with Gasteiger partial charge < -0.3 is 20.5 Å². The number of aryl methyl sites for hydroxylation is 1. The summed E-state index contributed by atoms with van der Waals surface area (Å²) < 4.78 is 6.12. The van der Waals surface area contributed by atoms with E-state index in [1.165, 1.54) is 11.1 Å². The fourth-order valence-electron chi connectivity index (χ4n) is 4.19. The Morgan fingerprint density at radius 3 is 2.59 bits per heavy atom. The smallest absolute Gasteiger partial charge is 0.191 e. The van der Waals surface area contributed by atoms with Crippen molar-refractivity contribution in [1.82, 2.24) is 10.6 Å². The summed E-state index contributed by atoms with van der Waals surface area (Å²) in [5.41, 5.74) is 2.53. The number of nitrogens with zero attached hydrogens (tertiary/aromatic N) is 1. The summed E-state index contributed by atoms with van der Waals surface area (Å²) in [4.78, 5) is 4.85. The average molecular weight is 374 g/mol. The fourth-order valence-corrected chi connectivity index (χ4v) is 4.19. The second kappa shape index (κ2) is 10.1. The van der Waals surface area contributed by atoms with E-state index in [1.807, 2.05) is 0 Å². The first kappa shape index (κ1) is 20.2. The third kappa shape index (κ3) is 5.69. The number of guanidine groups is 1. The molecule has 1 aromatic rings. The van der Waals surface area contributed by atoms with Crippen molar-refractivity contribution in [2.24, 2.45) is 16.8 Å². The quantitative estimate of drug-likeness (QED) is 0.529. The lowest BCUT2D eigenvalue weighted by Gasteiger charge is -2.31. The monoisotopic (exact) mass is 373 g/mol. The highest BCUT2D eigenvalue weighted by molar-refractivity contribution is 5.79. The molecular formula is C22H35N3O2. The number of ether oxygens (including phenoxy) is 1. The first-order valence-electron chi connectivity index (χ1n) is 10.6. The molecule has 3 rings (SSSR count). The highest BCUT2D eigenvalue weighted by atomic mass is 16.5. The van der Waals surface area contributed by atoms with Gasteiger partial charge in [0.15, 0.2) is 5.96 Å². The minimum absolute atomic E-state index is 0.127. The van der Waals surface area contributed by atoms with Gasteiger partial charge in [0.05, 0.1) is 12.2 Å². The Morgan fingerprint density at radius 1 is 1.11 bits per heavy atom. The van der Waals surface area contributed by atoms with Crippen LogP contribution in [0.1, 0.15) is 56.3 Å². The lowest BCUT2D eigenvalue weighted by molar-refractivity contribution is -0.0250. The van der Waals surface area contributed by atoms with Gasteiger partial charge in [0.25, 0.3) is 0 Å². The van der Waals surface area contributed by atoms with Gasteiger partial charge >= 0.3 is 0 Å². The average Bonchev–Trinajstić information content (AvgIpc) is 3.10. The van der Waals surface area contributed by atoms with Crippen LogP contribution in [0.2, 0.25) is 0 Å². The molecule has 5 nitrogen and oxygen atoms in total. The molecule has 1 aromatic carbocycles. The summed E-state index contributed by atoms with van der Waals surface area (Å²) in [5, 5.41) is 16.8. The van der Waals surface area contributed by atoms with Crippen LogP contribution in [0, 0.1) is 18.8 Å². The van der Waals surface area contributed by atoms with E-state index in [-0.39, 0.29) is 12.2 Å². The van der Waals surface area contributed by atoms with Crippen LogP contribution >= 0.6 is 0 Å². The number of nitrogens with one attached hydrogen (secondary N) is 2. The van der Waals surface area contributed by atoms with Gasteiger partial charge in [-0.25, -0.2) is 0 Å². The van der Waals surface area contributed by atoms with E-state index in [1.54, 1.807) is 0 Å². The van der Waals surface area contributed by atoms with Crippen LogP contribution in [0.15, 0.2) is 29.3 Å². The number of hydrogen-bond acceptors (Lipinski definition) is 3. The number of aliphatic imine (C=N–C) groups is 1. The van der Waals surface area contributed by atoms with Crippen molar-refractivity contribution < 1.29 is 9.84 Å². The zero-order valence-electron chi connectivity index (χ0n) is 16.8. The third-order valence-corrected chi connectivity index (χ3v) is 5.83. The summed E-state index contributed by atoms with van der Waals surface area (Å²) in [6, 6.07) is 8.69. The van der Waals surface area contributed by atoms with Gasteiger partial charge in [0, 0.05) is 38.1 Å². The van der Waals surface area contributed by atoms with Crippen molar-refractivity contribution in [2.75, 3.05) is 26.2 Å². The van der Waals surface area contributed by atoms with Crippen molar-refractivity contribution in [2.45, 2.75) is 58.2 Å². The highest BCUT2D eigenvalue weighted by Gasteiger charge is 2.28. The van der Waals surface area contributed by atoms with Gasteiger partial charge in [-0.15, -0.1) is 0 Å². The van der Waals surface area contributed by atoms with Crippen molar-refractivity contribution >= 4 is 5.96 Å². The maximum Gasteiger partial charge on any atom is 0.191 e. The molecule has 0 bridgehead atoms. The van der Waals surface area contributed by atoms with Gasteiger partial charge in [-0.3, -0.25) is 4.99 Å². The molecule has 1 heterocycles. The maximum absolute atomic E-state index is 10.0. The van der Waals surface area contributed by atoms with Crippen molar-refractivity contribution in [1.29, 1.82) is 0 Å². The predicted octanol–water partition coefficient (Wildman–Crippen LogP) is 3.18. The molecule has 1 aliphatic carbocycles. The molecule has 150 valence electrons. The summed E-state index contributed by atoms with van der Waals surface area (Å²) in [7, 11) is 0. The Morgan fingerprint density at radius 2 is 1.89 bits per heavy atom. The molecule has 1 saturated carbocycles. The van der Waals surface area contributed by atoms with E-state index < -0.39 is 0 Å². The molecule has 1 aliphatic heterocycles. The van der Waals surface area contributed by atoms with Gasteiger partial charge in [0.1, 0.15) is 0 Å². The molecule has 1 saturated heterocycles. The lowest BCUT2D eigenvalue weighted by atomic mass is 9.89. The molecule has 4 atom stereocenters.